The van der Waals surface area contributed by atoms with Crippen molar-refractivity contribution < 1.29 is 9.84 Å². The molecule has 0 atom stereocenters. The van der Waals surface area contributed by atoms with Gasteiger partial charge in [-0.3, -0.25) is 0 Å². The minimum atomic E-state index is 0.326. The molecule has 1 N–H and O–H groups in total. The molecule has 3 heteroatoms. The Hall–Kier alpha value is -1.74. The highest BCUT2D eigenvalue weighted by Crippen LogP contribution is 2.26. The van der Waals surface area contributed by atoms with Gasteiger partial charge in [0.05, 0.1) is 6.23 Å². The predicted molar refractivity (Wildman–Crippen MR) is 84.4 cm³/mol. The molecule has 0 saturated carbocycles. The number of phenols is 1. The van der Waals surface area contributed by atoms with Gasteiger partial charge in [-0.2, -0.15) is 0 Å². The van der Waals surface area contributed by atoms with E-state index in [0.29, 0.717) is 21.5 Å². The van der Waals surface area contributed by atoms with Gasteiger partial charge in [0.25, 0.3) is 0 Å². The van der Waals surface area contributed by atoms with Gasteiger partial charge < -0.3 is 9.84 Å². The number of aromatic hydroxyl groups is 1. The lowest BCUT2D eigenvalue weighted by Gasteiger charge is -2.12. The minimum Gasteiger partial charge on any atom is -0.508 e. The van der Waals surface area contributed by atoms with Crippen LogP contribution in [-0.2, 0) is 0 Å². The monoisotopic (exact) mass is 284 g/mol. The first kappa shape index (κ1) is 14.7. The lowest BCUT2D eigenvalue weighted by atomic mass is 10.1. The van der Waals surface area contributed by atoms with E-state index in [9.17, 15) is 5.11 Å². The first-order valence-electron chi connectivity index (χ1n) is 6.72. The van der Waals surface area contributed by atoms with Gasteiger partial charge in [0, 0.05) is 0 Å². The Labute approximate surface area is 123 Å². The van der Waals surface area contributed by atoms with Gasteiger partial charge in [0.1, 0.15) is 21.0 Å². The molecule has 2 rings (SSSR count). The van der Waals surface area contributed by atoms with Crippen molar-refractivity contribution in [3.05, 3.63) is 52.6 Å². The van der Waals surface area contributed by atoms with Crippen molar-refractivity contribution in [3.63, 3.8) is 0 Å². The highest BCUT2D eigenvalue weighted by Gasteiger charge is 2.06. The van der Waals surface area contributed by atoms with Crippen LogP contribution in [-0.4, -0.2) is 20.9 Å². The zero-order chi connectivity index (χ0) is 14.7. The number of ether oxygens (including phenoxy) is 1. The molecule has 0 saturated heterocycles. The number of phenolic OH excluding ortho intramolecular Hbond substituents is 1. The molecule has 0 bridgehead atoms. The molecule has 0 heterocycles. The van der Waals surface area contributed by atoms with Crippen LogP contribution in [0.5, 0.6) is 11.5 Å². The highest BCUT2D eigenvalue weighted by molar-refractivity contribution is 6.54. The van der Waals surface area contributed by atoms with Crippen LogP contribution in [0.4, 0.5) is 0 Å². The highest BCUT2D eigenvalue weighted by atomic mass is 28.2. The Bertz CT molecular complexity index is 621. The second-order valence-corrected chi connectivity index (χ2v) is 6.30. The van der Waals surface area contributed by atoms with E-state index in [1.165, 1.54) is 16.3 Å². The summed E-state index contributed by atoms with van der Waals surface area (Å²) in [6.07, 6.45) is 0.676. The summed E-state index contributed by atoms with van der Waals surface area (Å²) >= 11 is 0. The molecule has 0 aliphatic rings. The van der Waals surface area contributed by atoms with Gasteiger partial charge in [-0.1, -0.05) is 23.4 Å². The van der Waals surface area contributed by atoms with Crippen LogP contribution in [0, 0.1) is 27.7 Å². The average Bonchev–Trinajstić information content (AvgIpc) is 2.40. The zero-order valence-corrected chi connectivity index (χ0v) is 13.4. The smallest absolute Gasteiger partial charge is 0.131 e. The van der Waals surface area contributed by atoms with E-state index in [4.69, 9.17) is 4.74 Å². The summed E-state index contributed by atoms with van der Waals surface area (Å²) in [6.45, 7) is 8.13. The molecule has 0 amide bonds. The molecular formula is C17H20O2Si. The minimum absolute atomic E-state index is 0.326. The van der Waals surface area contributed by atoms with Crippen LogP contribution < -0.4 is 9.92 Å². The first-order chi connectivity index (χ1) is 9.49. The molecule has 0 spiro atoms. The fourth-order valence-electron chi connectivity index (χ4n) is 2.06. The summed E-state index contributed by atoms with van der Waals surface area (Å²) in [5.41, 5.74) is 4.50. The molecule has 0 unspecified atom stereocenters. The maximum Gasteiger partial charge on any atom is 0.131 e. The third kappa shape index (κ3) is 3.22. The topological polar surface area (TPSA) is 29.5 Å². The zero-order valence-electron chi connectivity index (χ0n) is 12.4. The molecule has 104 valence electrons. The third-order valence-corrected chi connectivity index (χ3v) is 4.80. The second kappa shape index (κ2) is 6.14. The maximum atomic E-state index is 9.64. The molecule has 2 nitrogen and oxygen atoms in total. The van der Waals surface area contributed by atoms with Gasteiger partial charge in [0.2, 0.25) is 0 Å². The molecule has 0 aliphatic heterocycles. The lowest BCUT2D eigenvalue weighted by Crippen LogP contribution is -2.24. The van der Waals surface area contributed by atoms with Crippen molar-refractivity contribution in [2.75, 3.05) is 6.23 Å². The Morgan fingerprint density at radius 2 is 1.75 bits per heavy atom. The van der Waals surface area contributed by atoms with E-state index >= 15 is 0 Å². The van der Waals surface area contributed by atoms with E-state index in [0.717, 1.165) is 16.9 Å². The summed E-state index contributed by atoms with van der Waals surface area (Å²) in [7, 11) is 0.631. The SMILES string of the molecule is Cc1cc(OC[Si]c2cccc(C)c2C)c(C)cc1O. The molecule has 2 aromatic carbocycles. The lowest BCUT2D eigenvalue weighted by molar-refractivity contribution is 0.380. The molecule has 0 aromatic heterocycles. The van der Waals surface area contributed by atoms with E-state index < -0.39 is 0 Å². The summed E-state index contributed by atoms with van der Waals surface area (Å²) in [5, 5.41) is 11.0. The second-order valence-electron chi connectivity index (χ2n) is 5.12. The first-order valence-corrected chi connectivity index (χ1v) is 7.93. The van der Waals surface area contributed by atoms with Crippen LogP contribution in [0.1, 0.15) is 22.3 Å². The van der Waals surface area contributed by atoms with Crippen LogP contribution >= 0.6 is 0 Å². The van der Waals surface area contributed by atoms with Crippen molar-refractivity contribution in [1.29, 1.82) is 0 Å². The number of hydrogen-bond donors (Lipinski definition) is 1. The predicted octanol–water partition coefficient (Wildman–Crippen LogP) is 2.99. The van der Waals surface area contributed by atoms with Gasteiger partial charge >= 0.3 is 0 Å². The molecule has 0 aliphatic carbocycles. The van der Waals surface area contributed by atoms with Gasteiger partial charge in [-0.05, 0) is 62.1 Å². The number of hydrogen-bond acceptors (Lipinski definition) is 2. The Kier molecular flexibility index (Phi) is 4.50. The van der Waals surface area contributed by atoms with Crippen LogP contribution in [0.15, 0.2) is 30.3 Å². The van der Waals surface area contributed by atoms with E-state index in [2.05, 4.69) is 32.0 Å². The molecule has 2 aromatic rings. The number of rotatable bonds is 4. The molecule has 0 fully saturated rings. The fraction of sp³-hybridized carbons (Fsp3) is 0.294. The van der Waals surface area contributed by atoms with Crippen molar-refractivity contribution in [3.8, 4) is 11.5 Å². The van der Waals surface area contributed by atoms with Crippen LogP contribution in [0.2, 0.25) is 0 Å². The van der Waals surface area contributed by atoms with Crippen molar-refractivity contribution >= 4 is 14.7 Å². The van der Waals surface area contributed by atoms with Crippen molar-refractivity contribution in [2.24, 2.45) is 0 Å². The Balaban J connectivity index is 2.03. The van der Waals surface area contributed by atoms with Gasteiger partial charge in [0.15, 0.2) is 0 Å². The summed E-state index contributed by atoms with van der Waals surface area (Å²) in [6, 6.07) is 10.1. The molecule has 20 heavy (non-hydrogen) atoms. The maximum absolute atomic E-state index is 9.64. The standard InChI is InChI=1S/C17H20O2Si/c1-11-6-5-7-17(14(11)4)20-10-19-16-9-12(2)15(18)8-13(16)3/h5-9,18H,10H2,1-4H3. The molecular weight excluding hydrogens is 264 g/mol. The van der Waals surface area contributed by atoms with E-state index in [1.807, 2.05) is 19.9 Å². The van der Waals surface area contributed by atoms with Crippen molar-refractivity contribution in [2.45, 2.75) is 27.7 Å². The Morgan fingerprint density at radius 1 is 1.00 bits per heavy atom. The van der Waals surface area contributed by atoms with E-state index in [1.54, 1.807) is 6.07 Å². The molecule has 2 radical (unpaired) electrons. The number of benzene rings is 2. The average molecular weight is 284 g/mol. The van der Waals surface area contributed by atoms with Gasteiger partial charge in [-0.25, -0.2) is 0 Å². The quantitative estimate of drug-likeness (QED) is 0.875. The summed E-state index contributed by atoms with van der Waals surface area (Å²) in [4.78, 5) is 0. The Morgan fingerprint density at radius 3 is 2.50 bits per heavy atom. The van der Waals surface area contributed by atoms with Crippen LogP contribution in [0.3, 0.4) is 0 Å². The van der Waals surface area contributed by atoms with E-state index in [-0.39, 0.29) is 0 Å². The largest absolute Gasteiger partial charge is 0.508 e. The van der Waals surface area contributed by atoms with Crippen molar-refractivity contribution in [1.82, 2.24) is 0 Å². The normalized spacial score (nSPS) is 10.6. The summed E-state index contributed by atoms with van der Waals surface area (Å²) < 4.78 is 5.87. The third-order valence-electron chi connectivity index (χ3n) is 3.59. The number of aryl methyl sites for hydroxylation is 3. The fourth-order valence-corrected chi connectivity index (χ4v) is 3.12. The van der Waals surface area contributed by atoms with Gasteiger partial charge in [-0.15, -0.1) is 0 Å². The summed E-state index contributed by atoms with van der Waals surface area (Å²) in [5.74, 6) is 1.19. The van der Waals surface area contributed by atoms with Crippen LogP contribution in [0.25, 0.3) is 0 Å².